The number of aromatic nitrogens is 2. The second-order valence-electron chi connectivity index (χ2n) is 6.18. The molecule has 0 atom stereocenters. The Bertz CT molecular complexity index is 1040. The lowest BCUT2D eigenvalue weighted by Crippen LogP contribution is -2.16. The number of ether oxygens (including phenoxy) is 2. The van der Waals surface area contributed by atoms with E-state index in [0.29, 0.717) is 22.1 Å². The van der Waals surface area contributed by atoms with E-state index >= 15 is 0 Å². The van der Waals surface area contributed by atoms with Gasteiger partial charge in [0.1, 0.15) is 10.8 Å². The number of hydrogen-bond donors (Lipinski definition) is 2. The van der Waals surface area contributed by atoms with Crippen molar-refractivity contribution in [3.63, 3.8) is 0 Å². The number of amides is 1. The number of fused-ring (bicyclic) bond motifs is 1. The van der Waals surface area contributed by atoms with Gasteiger partial charge in [-0.2, -0.15) is 0 Å². The summed E-state index contributed by atoms with van der Waals surface area (Å²) in [5, 5.41) is 4.05. The Morgan fingerprint density at radius 3 is 2.79 bits per heavy atom. The summed E-state index contributed by atoms with van der Waals surface area (Å²) >= 11 is 2.70. The lowest BCUT2D eigenvalue weighted by molar-refractivity contribution is -0.113. The number of anilines is 1. The quantitative estimate of drug-likeness (QED) is 0.404. The predicted octanol–water partition coefficient (Wildman–Crippen LogP) is 4.41. The zero-order chi connectivity index (χ0) is 21.0. The number of nitrogens with zero attached hydrogens (tertiary/aromatic N) is 1. The van der Waals surface area contributed by atoms with Crippen molar-refractivity contribution in [2.24, 2.45) is 0 Å². The molecule has 2 N–H and O–H groups in total. The van der Waals surface area contributed by atoms with Crippen LogP contribution in [0.4, 0.5) is 5.00 Å². The Hall–Kier alpha value is -2.52. The summed E-state index contributed by atoms with van der Waals surface area (Å²) in [7, 11) is 1.61. The fraction of sp³-hybridized carbons (Fsp3) is 0.350. The van der Waals surface area contributed by atoms with Crippen molar-refractivity contribution in [1.29, 1.82) is 0 Å². The van der Waals surface area contributed by atoms with Gasteiger partial charge in [-0.25, -0.2) is 9.78 Å². The molecule has 154 valence electrons. The van der Waals surface area contributed by atoms with Gasteiger partial charge in [0.2, 0.25) is 5.91 Å². The molecule has 29 heavy (non-hydrogen) atoms. The van der Waals surface area contributed by atoms with E-state index in [-0.39, 0.29) is 18.3 Å². The minimum Gasteiger partial charge on any atom is -0.497 e. The van der Waals surface area contributed by atoms with Crippen LogP contribution in [0, 0.1) is 6.92 Å². The molecular weight excluding hydrogens is 410 g/mol. The van der Waals surface area contributed by atoms with Crippen LogP contribution >= 0.6 is 23.1 Å². The summed E-state index contributed by atoms with van der Waals surface area (Å²) in [4.78, 5) is 33.5. The summed E-state index contributed by atoms with van der Waals surface area (Å²) in [6, 6.07) is 5.56. The number of rotatable bonds is 8. The molecule has 7 nitrogen and oxygen atoms in total. The van der Waals surface area contributed by atoms with E-state index in [1.807, 2.05) is 32.0 Å². The van der Waals surface area contributed by atoms with Gasteiger partial charge in [-0.05, 0) is 38.0 Å². The Morgan fingerprint density at radius 1 is 1.31 bits per heavy atom. The zero-order valence-corrected chi connectivity index (χ0v) is 18.4. The van der Waals surface area contributed by atoms with Crippen molar-refractivity contribution in [1.82, 2.24) is 9.97 Å². The van der Waals surface area contributed by atoms with E-state index in [9.17, 15) is 9.59 Å². The van der Waals surface area contributed by atoms with Crippen LogP contribution in [0.5, 0.6) is 5.75 Å². The molecule has 2 heterocycles. The minimum atomic E-state index is -0.400. The van der Waals surface area contributed by atoms with Crippen molar-refractivity contribution in [3.8, 4) is 5.75 Å². The maximum Gasteiger partial charge on any atom is 0.341 e. The fourth-order valence-electron chi connectivity index (χ4n) is 2.97. The minimum absolute atomic E-state index is 0.164. The van der Waals surface area contributed by atoms with Crippen molar-refractivity contribution >= 4 is 51.0 Å². The van der Waals surface area contributed by atoms with Crippen LogP contribution in [-0.4, -0.2) is 41.3 Å². The third-order valence-corrected chi connectivity index (χ3v) is 6.24. The van der Waals surface area contributed by atoms with Gasteiger partial charge < -0.3 is 19.8 Å². The molecule has 3 rings (SSSR count). The Morgan fingerprint density at radius 2 is 2.10 bits per heavy atom. The number of carbonyl (C=O) groups is 2. The SMILES string of the molecule is CCOC(=O)c1c(NC(=O)CSc2nc3ccc(OC)cc3[nH]2)sc(C)c1CC. The molecule has 0 aliphatic heterocycles. The van der Waals surface area contributed by atoms with E-state index in [1.54, 1.807) is 14.0 Å². The number of benzene rings is 1. The number of hydrogen-bond acceptors (Lipinski definition) is 7. The van der Waals surface area contributed by atoms with Crippen LogP contribution in [-0.2, 0) is 16.0 Å². The van der Waals surface area contributed by atoms with Gasteiger partial charge in [0.15, 0.2) is 5.16 Å². The van der Waals surface area contributed by atoms with Gasteiger partial charge in [0.05, 0.1) is 36.1 Å². The smallest absolute Gasteiger partial charge is 0.341 e. The molecule has 0 radical (unpaired) electrons. The molecule has 0 bridgehead atoms. The number of H-pyrrole nitrogens is 1. The largest absolute Gasteiger partial charge is 0.497 e. The van der Waals surface area contributed by atoms with Crippen LogP contribution in [0.3, 0.4) is 0 Å². The number of aromatic amines is 1. The number of aryl methyl sites for hydroxylation is 1. The molecule has 2 aromatic heterocycles. The molecular formula is C20H23N3O4S2. The molecule has 0 aliphatic rings. The average molecular weight is 434 g/mol. The van der Waals surface area contributed by atoms with E-state index in [0.717, 1.165) is 27.2 Å². The second kappa shape index (κ2) is 9.32. The molecule has 1 aromatic carbocycles. The van der Waals surface area contributed by atoms with Crippen molar-refractivity contribution < 1.29 is 19.1 Å². The highest BCUT2D eigenvalue weighted by Gasteiger charge is 2.23. The molecule has 0 saturated heterocycles. The van der Waals surface area contributed by atoms with Gasteiger partial charge in [-0.1, -0.05) is 18.7 Å². The number of imidazole rings is 1. The van der Waals surface area contributed by atoms with Gasteiger partial charge in [0.25, 0.3) is 0 Å². The Kier molecular flexibility index (Phi) is 6.81. The van der Waals surface area contributed by atoms with E-state index in [2.05, 4.69) is 15.3 Å². The maximum atomic E-state index is 12.5. The topological polar surface area (TPSA) is 93.3 Å². The van der Waals surface area contributed by atoms with Gasteiger partial charge >= 0.3 is 5.97 Å². The summed E-state index contributed by atoms with van der Waals surface area (Å²) in [5.74, 6) is 0.296. The molecule has 3 aromatic rings. The van der Waals surface area contributed by atoms with Gasteiger partial charge in [0, 0.05) is 10.9 Å². The molecule has 0 fully saturated rings. The number of thioether (sulfide) groups is 1. The number of nitrogens with one attached hydrogen (secondary N) is 2. The van der Waals surface area contributed by atoms with Crippen molar-refractivity contribution in [2.45, 2.75) is 32.3 Å². The standard InChI is InChI=1S/C20H23N3O4S2/c1-5-13-11(3)29-18(17(13)19(25)27-6-2)23-16(24)10-28-20-21-14-8-7-12(26-4)9-15(14)22-20/h7-9H,5-6,10H2,1-4H3,(H,21,22)(H,23,24). The third kappa shape index (κ3) is 4.73. The van der Waals surface area contributed by atoms with Crippen LogP contribution < -0.4 is 10.1 Å². The summed E-state index contributed by atoms with van der Waals surface area (Å²) in [6.45, 7) is 5.98. The van der Waals surface area contributed by atoms with Crippen molar-refractivity contribution in [2.75, 3.05) is 24.8 Å². The van der Waals surface area contributed by atoms with E-state index in [1.165, 1.54) is 23.1 Å². The van der Waals surface area contributed by atoms with Crippen molar-refractivity contribution in [3.05, 3.63) is 34.2 Å². The van der Waals surface area contributed by atoms with Crippen LogP contribution in [0.1, 0.15) is 34.6 Å². The Balaban J connectivity index is 1.70. The first-order chi connectivity index (χ1) is 14.0. The molecule has 0 unspecified atom stereocenters. The highest BCUT2D eigenvalue weighted by molar-refractivity contribution is 7.99. The molecule has 0 aliphatic carbocycles. The first-order valence-corrected chi connectivity index (χ1v) is 11.0. The molecule has 0 saturated carbocycles. The Labute approximate surface area is 177 Å². The lowest BCUT2D eigenvalue weighted by atomic mass is 10.1. The molecule has 9 heteroatoms. The average Bonchev–Trinajstić information content (AvgIpc) is 3.25. The normalized spacial score (nSPS) is 10.9. The first kappa shape index (κ1) is 21.2. The highest BCUT2D eigenvalue weighted by Crippen LogP contribution is 2.34. The summed E-state index contributed by atoms with van der Waals surface area (Å²) in [5.41, 5.74) is 3.03. The third-order valence-electron chi connectivity index (χ3n) is 4.30. The maximum absolute atomic E-state index is 12.5. The van der Waals surface area contributed by atoms with Crippen LogP contribution in [0.25, 0.3) is 11.0 Å². The molecule has 0 spiro atoms. The summed E-state index contributed by atoms with van der Waals surface area (Å²) in [6.07, 6.45) is 0.698. The number of thiophene rings is 1. The lowest BCUT2D eigenvalue weighted by Gasteiger charge is -2.07. The highest BCUT2D eigenvalue weighted by atomic mass is 32.2. The predicted molar refractivity (Wildman–Crippen MR) is 116 cm³/mol. The summed E-state index contributed by atoms with van der Waals surface area (Å²) < 4.78 is 10.4. The number of methoxy groups -OCH3 is 1. The number of carbonyl (C=O) groups excluding carboxylic acids is 2. The molecule has 1 amide bonds. The van der Waals surface area contributed by atoms with Crippen LogP contribution in [0.15, 0.2) is 23.4 Å². The van der Waals surface area contributed by atoms with Gasteiger partial charge in [-0.15, -0.1) is 11.3 Å². The second-order valence-corrected chi connectivity index (χ2v) is 8.37. The number of esters is 1. The first-order valence-electron chi connectivity index (χ1n) is 9.22. The van der Waals surface area contributed by atoms with Crippen LogP contribution in [0.2, 0.25) is 0 Å². The zero-order valence-electron chi connectivity index (χ0n) is 16.8. The van der Waals surface area contributed by atoms with E-state index < -0.39 is 5.97 Å². The van der Waals surface area contributed by atoms with E-state index in [4.69, 9.17) is 9.47 Å². The fourth-order valence-corrected chi connectivity index (χ4v) is 4.80. The monoisotopic (exact) mass is 433 g/mol. The van der Waals surface area contributed by atoms with Gasteiger partial charge in [-0.3, -0.25) is 4.79 Å².